The van der Waals surface area contributed by atoms with Gasteiger partial charge in [-0.2, -0.15) is 5.10 Å². The van der Waals surface area contributed by atoms with Gasteiger partial charge in [0.05, 0.1) is 22.9 Å². The van der Waals surface area contributed by atoms with Crippen molar-refractivity contribution in [1.29, 1.82) is 0 Å². The van der Waals surface area contributed by atoms with E-state index < -0.39 is 0 Å². The van der Waals surface area contributed by atoms with Crippen molar-refractivity contribution in [2.24, 2.45) is 0 Å². The summed E-state index contributed by atoms with van der Waals surface area (Å²) in [6, 6.07) is 6.22. The van der Waals surface area contributed by atoms with Crippen LogP contribution in [0.5, 0.6) is 0 Å². The fourth-order valence-electron chi connectivity index (χ4n) is 2.18. The Bertz CT molecular complexity index is 680. The predicted octanol–water partition coefficient (Wildman–Crippen LogP) is 1.98. The second-order valence-electron chi connectivity index (χ2n) is 4.35. The minimum Gasteiger partial charge on any atom is -0.342 e. The van der Waals surface area contributed by atoms with Crippen LogP contribution in [0.4, 0.5) is 0 Å². The van der Waals surface area contributed by atoms with E-state index in [-0.39, 0.29) is 0 Å². The lowest BCUT2D eigenvalue weighted by Gasteiger charge is -2.02. The molecule has 3 aromatic rings. The van der Waals surface area contributed by atoms with Crippen LogP contribution in [0.2, 0.25) is 0 Å². The minimum atomic E-state index is 0.773. The summed E-state index contributed by atoms with van der Waals surface area (Å²) in [6.07, 6.45) is 1.86. The zero-order chi connectivity index (χ0) is 12.5. The van der Waals surface area contributed by atoms with Crippen LogP contribution in [0.25, 0.3) is 22.2 Å². The first-order valence-corrected chi connectivity index (χ1v) is 5.91. The fraction of sp³-hybridized carbons (Fsp3) is 0.231. The molecule has 0 unspecified atom stereocenters. The standard InChI is InChI=1S/C13H15N5/c1-8-16-11-4-3-9(5-12(11)17-8)10-6-15-18-13(10)7-14-2/h3-6,14H,7H2,1-2H3,(H,15,18)(H,16,17). The number of hydrogen-bond donors (Lipinski definition) is 3. The van der Waals surface area contributed by atoms with Crippen molar-refractivity contribution in [3.8, 4) is 11.1 Å². The van der Waals surface area contributed by atoms with Crippen LogP contribution in [0, 0.1) is 6.92 Å². The molecule has 0 radical (unpaired) electrons. The maximum absolute atomic E-state index is 4.40. The van der Waals surface area contributed by atoms with Gasteiger partial charge in [0.25, 0.3) is 0 Å². The largest absolute Gasteiger partial charge is 0.342 e. The molecule has 2 aromatic heterocycles. The highest BCUT2D eigenvalue weighted by molar-refractivity contribution is 5.82. The fourth-order valence-corrected chi connectivity index (χ4v) is 2.18. The van der Waals surface area contributed by atoms with Crippen molar-refractivity contribution in [1.82, 2.24) is 25.5 Å². The maximum Gasteiger partial charge on any atom is 0.104 e. The van der Waals surface area contributed by atoms with Gasteiger partial charge in [-0.15, -0.1) is 0 Å². The lowest BCUT2D eigenvalue weighted by Crippen LogP contribution is -2.06. The molecule has 5 nitrogen and oxygen atoms in total. The Kier molecular flexibility index (Phi) is 2.60. The van der Waals surface area contributed by atoms with E-state index in [1.54, 1.807) is 0 Å². The van der Waals surface area contributed by atoms with E-state index in [2.05, 4.69) is 37.6 Å². The Labute approximate surface area is 105 Å². The molecular formula is C13H15N5. The second-order valence-corrected chi connectivity index (χ2v) is 4.35. The van der Waals surface area contributed by atoms with Crippen LogP contribution >= 0.6 is 0 Å². The number of aryl methyl sites for hydroxylation is 1. The first kappa shape index (κ1) is 11.0. The van der Waals surface area contributed by atoms with Crippen LogP contribution in [0.15, 0.2) is 24.4 Å². The molecule has 0 aliphatic rings. The summed E-state index contributed by atoms with van der Waals surface area (Å²) in [6.45, 7) is 2.74. The maximum atomic E-state index is 4.40. The molecule has 0 atom stereocenters. The van der Waals surface area contributed by atoms with E-state index in [9.17, 15) is 0 Å². The quantitative estimate of drug-likeness (QED) is 0.656. The van der Waals surface area contributed by atoms with Gasteiger partial charge in [-0.3, -0.25) is 5.10 Å². The Balaban J connectivity index is 2.10. The van der Waals surface area contributed by atoms with Gasteiger partial charge in [-0.1, -0.05) is 6.07 Å². The Morgan fingerprint density at radius 3 is 3.06 bits per heavy atom. The normalized spacial score (nSPS) is 11.2. The minimum absolute atomic E-state index is 0.773. The number of fused-ring (bicyclic) bond motifs is 1. The summed E-state index contributed by atoms with van der Waals surface area (Å²) >= 11 is 0. The molecule has 0 aliphatic carbocycles. The highest BCUT2D eigenvalue weighted by Gasteiger charge is 2.08. The van der Waals surface area contributed by atoms with Crippen molar-refractivity contribution in [3.63, 3.8) is 0 Å². The Morgan fingerprint density at radius 2 is 2.22 bits per heavy atom. The molecule has 0 spiro atoms. The summed E-state index contributed by atoms with van der Waals surface area (Å²) < 4.78 is 0. The van der Waals surface area contributed by atoms with Gasteiger partial charge in [-0.05, 0) is 31.7 Å². The molecular weight excluding hydrogens is 226 g/mol. The van der Waals surface area contributed by atoms with Crippen molar-refractivity contribution < 1.29 is 0 Å². The first-order chi connectivity index (χ1) is 8.78. The van der Waals surface area contributed by atoms with Gasteiger partial charge in [0, 0.05) is 12.1 Å². The highest BCUT2D eigenvalue weighted by atomic mass is 15.1. The van der Waals surface area contributed by atoms with Crippen LogP contribution in [-0.4, -0.2) is 27.2 Å². The number of imidazole rings is 1. The molecule has 3 rings (SSSR count). The summed E-state index contributed by atoms with van der Waals surface area (Å²) in [5.74, 6) is 0.935. The molecule has 0 fully saturated rings. The van der Waals surface area contributed by atoms with Gasteiger partial charge in [-0.25, -0.2) is 4.98 Å². The van der Waals surface area contributed by atoms with Gasteiger partial charge >= 0.3 is 0 Å². The van der Waals surface area contributed by atoms with E-state index in [4.69, 9.17) is 0 Å². The summed E-state index contributed by atoms with van der Waals surface area (Å²) in [5.41, 5.74) is 5.41. The molecule has 2 heterocycles. The molecule has 0 saturated heterocycles. The van der Waals surface area contributed by atoms with Gasteiger partial charge in [0.2, 0.25) is 0 Å². The third-order valence-corrected chi connectivity index (χ3v) is 2.98. The van der Waals surface area contributed by atoms with E-state index >= 15 is 0 Å². The zero-order valence-electron chi connectivity index (χ0n) is 10.4. The molecule has 3 N–H and O–H groups in total. The van der Waals surface area contributed by atoms with Crippen LogP contribution in [0.3, 0.4) is 0 Å². The van der Waals surface area contributed by atoms with Gasteiger partial charge in [0.1, 0.15) is 5.82 Å². The number of H-pyrrole nitrogens is 2. The lowest BCUT2D eigenvalue weighted by molar-refractivity contribution is 0.785. The van der Waals surface area contributed by atoms with Crippen molar-refractivity contribution in [3.05, 3.63) is 35.9 Å². The average molecular weight is 241 g/mol. The number of aromatic nitrogens is 4. The van der Waals surface area contributed by atoms with Crippen LogP contribution in [-0.2, 0) is 6.54 Å². The monoisotopic (exact) mass is 241 g/mol. The molecule has 5 heteroatoms. The zero-order valence-corrected chi connectivity index (χ0v) is 10.4. The number of aromatic amines is 2. The third-order valence-electron chi connectivity index (χ3n) is 2.98. The highest BCUT2D eigenvalue weighted by Crippen LogP contribution is 2.25. The second kappa shape index (κ2) is 4.27. The van der Waals surface area contributed by atoms with Crippen LogP contribution in [0.1, 0.15) is 11.5 Å². The number of benzene rings is 1. The van der Waals surface area contributed by atoms with E-state index in [0.717, 1.165) is 40.2 Å². The van der Waals surface area contributed by atoms with Gasteiger partial charge < -0.3 is 10.3 Å². The van der Waals surface area contributed by atoms with Crippen molar-refractivity contribution in [2.45, 2.75) is 13.5 Å². The number of rotatable bonds is 3. The smallest absolute Gasteiger partial charge is 0.104 e. The molecule has 0 saturated carbocycles. The molecule has 92 valence electrons. The predicted molar refractivity (Wildman–Crippen MR) is 71.2 cm³/mol. The van der Waals surface area contributed by atoms with E-state index in [1.807, 2.05) is 26.2 Å². The van der Waals surface area contributed by atoms with E-state index in [0.29, 0.717) is 0 Å². The first-order valence-electron chi connectivity index (χ1n) is 5.91. The Hall–Kier alpha value is -2.14. The molecule has 0 aliphatic heterocycles. The lowest BCUT2D eigenvalue weighted by atomic mass is 10.1. The molecule has 18 heavy (non-hydrogen) atoms. The van der Waals surface area contributed by atoms with E-state index in [1.165, 1.54) is 0 Å². The number of nitrogens with zero attached hydrogens (tertiary/aromatic N) is 2. The average Bonchev–Trinajstić information content (AvgIpc) is 2.93. The SMILES string of the molecule is CNCc1[nH]ncc1-c1ccc2nc(C)[nH]c2c1. The number of hydrogen-bond acceptors (Lipinski definition) is 3. The van der Waals surface area contributed by atoms with Crippen LogP contribution < -0.4 is 5.32 Å². The molecule has 0 amide bonds. The topological polar surface area (TPSA) is 69.4 Å². The summed E-state index contributed by atoms with van der Waals surface area (Å²) in [4.78, 5) is 7.66. The van der Waals surface area contributed by atoms with Gasteiger partial charge in [0.15, 0.2) is 0 Å². The molecule has 0 bridgehead atoms. The Morgan fingerprint density at radius 1 is 1.33 bits per heavy atom. The number of nitrogens with one attached hydrogen (secondary N) is 3. The molecule has 1 aromatic carbocycles. The third kappa shape index (κ3) is 1.78. The summed E-state index contributed by atoms with van der Waals surface area (Å²) in [5, 5.41) is 10.3. The van der Waals surface area contributed by atoms with Crippen molar-refractivity contribution >= 4 is 11.0 Å². The summed E-state index contributed by atoms with van der Waals surface area (Å²) in [7, 11) is 1.92. The van der Waals surface area contributed by atoms with Crippen molar-refractivity contribution in [2.75, 3.05) is 7.05 Å².